The molecule has 0 saturated heterocycles. The van der Waals surface area contributed by atoms with Gasteiger partial charge in [-0.25, -0.2) is 0 Å². The third-order valence-electron chi connectivity index (χ3n) is 3.46. The Labute approximate surface area is 128 Å². The van der Waals surface area contributed by atoms with Crippen molar-refractivity contribution >= 4 is 5.91 Å². The maximum Gasteiger partial charge on any atom is 0.220 e. The van der Waals surface area contributed by atoms with Gasteiger partial charge in [-0.1, -0.05) is 13.8 Å². The summed E-state index contributed by atoms with van der Waals surface area (Å²) in [6.45, 7) is 7.99. The molecule has 2 atom stereocenters. The predicted molar refractivity (Wildman–Crippen MR) is 84.1 cm³/mol. The number of hydrogen-bond donors (Lipinski definition) is 3. The van der Waals surface area contributed by atoms with E-state index in [1.165, 1.54) is 0 Å². The summed E-state index contributed by atoms with van der Waals surface area (Å²) in [4.78, 5) is 11.4. The maximum absolute atomic E-state index is 11.4. The van der Waals surface area contributed by atoms with Crippen LogP contribution in [0.1, 0.15) is 52.9 Å². The Morgan fingerprint density at radius 1 is 1.33 bits per heavy atom. The zero-order valence-electron chi connectivity index (χ0n) is 13.7. The van der Waals surface area contributed by atoms with E-state index in [0.29, 0.717) is 31.5 Å². The van der Waals surface area contributed by atoms with Gasteiger partial charge in [-0.2, -0.15) is 0 Å². The van der Waals surface area contributed by atoms with E-state index in [1.807, 2.05) is 6.92 Å². The molecular formula is C16H32N2O3. The molecule has 0 aromatic carbocycles. The van der Waals surface area contributed by atoms with Crippen LogP contribution in [0.3, 0.4) is 0 Å². The highest BCUT2D eigenvalue weighted by molar-refractivity contribution is 5.76. The van der Waals surface area contributed by atoms with Crippen molar-refractivity contribution in [1.29, 1.82) is 0 Å². The molecule has 0 aliphatic heterocycles. The maximum atomic E-state index is 11.4. The first-order chi connectivity index (χ1) is 9.97. The van der Waals surface area contributed by atoms with Crippen molar-refractivity contribution in [3.05, 3.63) is 0 Å². The third kappa shape index (κ3) is 10.7. The Hall–Kier alpha value is -0.650. The molecule has 0 aromatic heterocycles. The van der Waals surface area contributed by atoms with Crippen LogP contribution in [0.4, 0.5) is 0 Å². The molecule has 21 heavy (non-hydrogen) atoms. The van der Waals surface area contributed by atoms with E-state index in [9.17, 15) is 9.90 Å². The van der Waals surface area contributed by atoms with Gasteiger partial charge in [0.1, 0.15) is 0 Å². The number of carbonyl (C=O) groups excluding carboxylic acids is 1. The lowest BCUT2D eigenvalue weighted by molar-refractivity contribution is -0.121. The minimum absolute atomic E-state index is 0.144. The minimum Gasteiger partial charge on any atom is -0.389 e. The van der Waals surface area contributed by atoms with Gasteiger partial charge in [-0.05, 0) is 45.1 Å². The van der Waals surface area contributed by atoms with Gasteiger partial charge in [0.15, 0.2) is 0 Å². The minimum atomic E-state index is -0.486. The second-order valence-corrected chi connectivity index (χ2v) is 6.58. The van der Waals surface area contributed by atoms with E-state index in [4.69, 9.17) is 4.74 Å². The van der Waals surface area contributed by atoms with Gasteiger partial charge in [0.05, 0.1) is 18.8 Å². The van der Waals surface area contributed by atoms with Crippen molar-refractivity contribution in [3.8, 4) is 0 Å². The first-order valence-corrected chi connectivity index (χ1v) is 8.27. The van der Waals surface area contributed by atoms with Crippen LogP contribution in [-0.2, 0) is 9.53 Å². The van der Waals surface area contributed by atoms with E-state index in [-0.39, 0.29) is 12.0 Å². The summed E-state index contributed by atoms with van der Waals surface area (Å²) in [5, 5.41) is 15.9. The van der Waals surface area contributed by atoms with Crippen LogP contribution in [0.25, 0.3) is 0 Å². The molecule has 0 radical (unpaired) electrons. The summed E-state index contributed by atoms with van der Waals surface area (Å²) >= 11 is 0. The summed E-state index contributed by atoms with van der Waals surface area (Å²) in [6.07, 6.45) is 4.33. The lowest BCUT2D eigenvalue weighted by Gasteiger charge is -2.18. The number of carbonyl (C=O) groups is 1. The Bertz CT molecular complexity index is 293. The van der Waals surface area contributed by atoms with Crippen molar-refractivity contribution in [2.45, 2.75) is 71.1 Å². The molecule has 0 heterocycles. The first kappa shape index (κ1) is 18.4. The molecule has 1 saturated carbocycles. The summed E-state index contributed by atoms with van der Waals surface area (Å²) in [5.41, 5.74) is 0. The smallest absolute Gasteiger partial charge is 0.220 e. The molecule has 1 fully saturated rings. The highest BCUT2D eigenvalue weighted by atomic mass is 16.5. The number of amides is 1. The molecule has 1 amide bonds. The summed E-state index contributed by atoms with van der Waals surface area (Å²) < 4.78 is 5.61. The van der Waals surface area contributed by atoms with Crippen LogP contribution < -0.4 is 10.6 Å². The Morgan fingerprint density at radius 3 is 2.67 bits per heavy atom. The summed E-state index contributed by atoms with van der Waals surface area (Å²) in [7, 11) is 0. The van der Waals surface area contributed by atoms with Gasteiger partial charge < -0.3 is 20.5 Å². The molecule has 1 rings (SSSR count). The van der Waals surface area contributed by atoms with E-state index in [1.54, 1.807) is 0 Å². The van der Waals surface area contributed by atoms with E-state index in [2.05, 4.69) is 24.5 Å². The molecular weight excluding hydrogens is 268 g/mol. The van der Waals surface area contributed by atoms with Crippen LogP contribution in [0.5, 0.6) is 0 Å². The number of aliphatic hydroxyl groups is 1. The van der Waals surface area contributed by atoms with E-state index in [0.717, 1.165) is 32.2 Å². The number of nitrogens with one attached hydrogen (secondary N) is 2. The fourth-order valence-corrected chi connectivity index (χ4v) is 2.24. The highest BCUT2D eigenvalue weighted by Crippen LogP contribution is 2.18. The quantitative estimate of drug-likeness (QED) is 0.477. The molecule has 0 spiro atoms. The second kappa shape index (κ2) is 10.1. The number of rotatable bonds is 12. The first-order valence-electron chi connectivity index (χ1n) is 8.27. The van der Waals surface area contributed by atoms with Crippen molar-refractivity contribution in [1.82, 2.24) is 10.6 Å². The molecule has 3 N–H and O–H groups in total. The van der Waals surface area contributed by atoms with Gasteiger partial charge >= 0.3 is 0 Å². The molecule has 0 bridgehead atoms. The fraction of sp³-hybridized carbons (Fsp3) is 0.938. The second-order valence-electron chi connectivity index (χ2n) is 6.58. The average Bonchev–Trinajstić information content (AvgIpc) is 3.19. The van der Waals surface area contributed by atoms with Gasteiger partial charge in [-0.15, -0.1) is 0 Å². The van der Waals surface area contributed by atoms with Crippen LogP contribution >= 0.6 is 0 Å². The van der Waals surface area contributed by atoms with Crippen molar-refractivity contribution < 1.29 is 14.6 Å². The predicted octanol–water partition coefficient (Wildman–Crippen LogP) is 1.45. The van der Waals surface area contributed by atoms with Crippen LogP contribution in [0.15, 0.2) is 0 Å². The highest BCUT2D eigenvalue weighted by Gasteiger charge is 2.22. The van der Waals surface area contributed by atoms with Gasteiger partial charge in [0.25, 0.3) is 0 Å². The third-order valence-corrected chi connectivity index (χ3v) is 3.46. The van der Waals surface area contributed by atoms with Crippen LogP contribution in [-0.4, -0.2) is 49.0 Å². The van der Waals surface area contributed by atoms with E-state index < -0.39 is 6.10 Å². The number of hydrogen-bond acceptors (Lipinski definition) is 4. The molecule has 5 heteroatoms. The zero-order valence-corrected chi connectivity index (χ0v) is 13.7. The fourth-order valence-electron chi connectivity index (χ4n) is 2.24. The van der Waals surface area contributed by atoms with E-state index >= 15 is 0 Å². The molecule has 0 aromatic rings. The Kier molecular flexibility index (Phi) is 8.88. The SMILES string of the molecule is CC(C)CC(C)OCC(O)CNCCCC(=O)NC1CC1. The van der Waals surface area contributed by atoms with Gasteiger partial charge in [-0.3, -0.25) is 4.79 Å². The largest absolute Gasteiger partial charge is 0.389 e. The Balaban J connectivity index is 1.90. The molecule has 2 unspecified atom stereocenters. The topological polar surface area (TPSA) is 70.6 Å². The summed E-state index contributed by atoms with van der Waals surface area (Å²) in [6, 6.07) is 0.442. The van der Waals surface area contributed by atoms with Crippen molar-refractivity contribution in [2.24, 2.45) is 5.92 Å². The molecule has 1 aliphatic carbocycles. The Morgan fingerprint density at radius 2 is 2.05 bits per heavy atom. The van der Waals surface area contributed by atoms with Gasteiger partial charge in [0.2, 0.25) is 5.91 Å². The number of ether oxygens (including phenoxy) is 1. The van der Waals surface area contributed by atoms with Gasteiger partial charge in [0, 0.05) is 19.0 Å². The van der Waals surface area contributed by atoms with Crippen molar-refractivity contribution in [2.75, 3.05) is 19.7 Å². The number of aliphatic hydroxyl groups excluding tert-OH is 1. The molecule has 5 nitrogen and oxygen atoms in total. The zero-order chi connectivity index (χ0) is 15.7. The van der Waals surface area contributed by atoms with Crippen LogP contribution in [0, 0.1) is 5.92 Å². The standard InChI is InChI=1S/C16H32N2O3/c1-12(2)9-13(3)21-11-15(19)10-17-8-4-5-16(20)18-14-6-7-14/h12-15,17,19H,4-11H2,1-3H3,(H,18,20). The molecule has 124 valence electrons. The lowest BCUT2D eigenvalue weighted by Crippen LogP contribution is -2.33. The normalized spacial score (nSPS) is 17.8. The lowest BCUT2D eigenvalue weighted by atomic mass is 10.1. The molecule has 1 aliphatic rings. The van der Waals surface area contributed by atoms with Crippen molar-refractivity contribution in [3.63, 3.8) is 0 Å². The average molecular weight is 300 g/mol. The summed E-state index contributed by atoms with van der Waals surface area (Å²) in [5.74, 6) is 0.753. The monoisotopic (exact) mass is 300 g/mol. The van der Waals surface area contributed by atoms with Crippen LogP contribution in [0.2, 0.25) is 0 Å².